The third-order valence-corrected chi connectivity index (χ3v) is 3.53. The number of rotatable bonds is 4. The van der Waals surface area contributed by atoms with Gasteiger partial charge in [-0.15, -0.1) is 0 Å². The Morgan fingerprint density at radius 3 is 2.45 bits per heavy atom. The van der Waals surface area contributed by atoms with E-state index in [4.69, 9.17) is 0 Å². The lowest BCUT2D eigenvalue weighted by Crippen LogP contribution is -2.02. The molecule has 0 amide bonds. The average molecular weight is 292 g/mol. The third-order valence-electron chi connectivity index (χ3n) is 3.53. The Morgan fingerprint density at radius 1 is 1.14 bits per heavy atom. The fraction of sp³-hybridized carbons (Fsp3) is 0.273. The summed E-state index contributed by atoms with van der Waals surface area (Å²) >= 11 is 0. The summed E-state index contributed by atoms with van der Waals surface area (Å²) in [7, 11) is 0. The van der Waals surface area contributed by atoms with Gasteiger partial charge in [0.25, 0.3) is 0 Å². The van der Waals surface area contributed by atoms with Crippen LogP contribution in [0.3, 0.4) is 0 Å². The van der Waals surface area contributed by atoms with Crippen LogP contribution >= 0.6 is 0 Å². The molecule has 0 radical (unpaired) electrons. The molecule has 0 aliphatic heterocycles. The zero-order chi connectivity index (χ0) is 16.4. The smallest absolute Gasteiger partial charge is 0.0212 e. The van der Waals surface area contributed by atoms with Crippen molar-refractivity contribution in [3.8, 4) is 0 Å². The van der Waals surface area contributed by atoms with Crippen LogP contribution in [0.4, 0.5) is 0 Å². The Kier molecular flexibility index (Phi) is 7.99. The number of hydrogen-bond acceptors (Lipinski definition) is 0. The van der Waals surface area contributed by atoms with E-state index in [0.717, 1.165) is 6.42 Å². The molecule has 0 nitrogen and oxygen atoms in total. The highest BCUT2D eigenvalue weighted by Crippen LogP contribution is 2.32. The van der Waals surface area contributed by atoms with Gasteiger partial charge in [-0.1, -0.05) is 94.1 Å². The van der Waals surface area contributed by atoms with Crippen LogP contribution in [0.2, 0.25) is 0 Å². The van der Waals surface area contributed by atoms with E-state index in [-0.39, 0.29) is 0 Å². The first-order valence-electron chi connectivity index (χ1n) is 8.15. The lowest BCUT2D eigenvalue weighted by atomic mass is 9.85. The lowest BCUT2D eigenvalue weighted by molar-refractivity contribution is 0.742. The largest absolute Gasteiger partial charge is 0.0991 e. The molecule has 1 aliphatic carbocycles. The van der Waals surface area contributed by atoms with Crippen LogP contribution in [0.25, 0.3) is 5.57 Å². The molecule has 0 heterocycles. The molecular formula is C22H28. The van der Waals surface area contributed by atoms with Crippen LogP contribution in [0.15, 0.2) is 84.5 Å². The van der Waals surface area contributed by atoms with Crippen molar-refractivity contribution in [1.29, 1.82) is 0 Å². The average Bonchev–Trinajstić information content (AvgIpc) is 2.57. The maximum atomic E-state index is 3.69. The van der Waals surface area contributed by atoms with Crippen LogP contribution in [0, 0.1) is 5.92 Å². The van der Waals surface area contributed by atoms with Crippen LogP contribution in [-0.4, -0.2) is 0 Å². The van der Waals surface area contributed by atoms with Gasteiger partial charge in [0.05, 0.1) is 0 Å². The number of hydrogen-bond donors (Lipinski definition) is 0. The molecule has 116 valence electrons. The molecule has 1 aromatic rings. The molecule has 0 saturated heterocycles. The van der Waals surface area contributed by atoms with Crippen LogP contribution in [0.5, 0.6) is 0 Å². The molecule has 0 aromatic heterocycles. The topological polar surface area (TPSA) is 0 Å². The van der Waals surface area contributed by atoms with Crippen molar-refractivity contribution in [3.63, 3.8) is 0 Å². The van der Waals surface area contributed by atoms with Crippen molar-refractivity contribution in [2.24, 2.45) is 5.92 Å². The van der Waals surface area contributed by atoms with E-state index < -0.39 is 0 Å². The van der Waals surface area contributed by atoms with E-state index in [9.17, 15) is 0 Å². The Labute approximate surface area is 136 Å². The summed E-state index contributed by atoms with van der Waals surface area (Å²) in [6, 6.07) is 10.7. The van der Waals surface area contributed by atoms with E-state index >= 15 is 0 Å². The zero-order valence-corrected chi connectivity index (χ0v) is 14.3. The van der Waals surface area contributed by atoms with Crippen LogP contribution in [-0.2, 0) is 0 Å². The maximum Gasteiger partial charge on any atom is -0.0212 e. The molecule has 2 rings (SSSR count). The molecule has 0 bridgehead atoms. The molecule has 1 unspecified atom stereocenters. The minimum atomic E-state index is 0.581. The number of benzene rings is 1. The lowest BCUT2D eigenvalue weighted by Gasteiger charge is -2.19. The van der Waals surface area contributed by atoms with Crippen molar-refractivity contribution in [2.45, 2.75) is 34.1 Å². The molecule has 1 aromatic carbocycles. The fourth-order valence-corrected chi connectivity index (χ4v) is 2.48. The zero-order valence-electron chi connectivity index (χ0n) is 14.3. The summed E-state index contributed by atoms with van der Waals surface area (Å²) in [5, 5.41) is 0. The highest BCUT2D eigenvalue weighted by molar-refractivity contribution is 5.71. The second-order valence-corrected chi connectivity index (χ2v) is 5.31. The van der Waals surface area contributed by atoms with Crippen molar-refractivity contribution in [2.75, 3.05) is 0 Å². The molecule has 0 spiro atoms. The van der Waals surface area contributed by atoms with Gasteiger partial charge in [-0.3, -0.25) is 0 Å². The van der Waals surface area contributed by atoms with Crippen molar-refractivity contribution >= 4 is 5.57 Å². The first-order valence-corrected chi connectivity index (χ1v) is 8.15. The summed E-state index contributed by atoms with van der Waals surface area (Å²) in [5.74, 6) is 0.581. The molecule has 0 saturated carbocycles. The fourth-order valence-electron chi connectivity index (χ4n) is 2.48. The monoisotopic (exact) mass is 292 g/mol. The highest BCUT2D eigenvalue weighted by atomic mass is 14.2. The predicted molar refractivity (Wildman–Crippen MR) is 101 cm³/mol. The first kappa shape index (κ1) is 18.0. The normalized spacial score (nSPS) is 18.2. The van der Waals surface area contributed by atoms with Crippen LogP contribution < -0.4 is 0 Å². The second-order valence-electron chi connectivity index (χ2n) is 5.31. The minimum Gasteiger partial charge on any atom is -0.0991 e. The SMILES string of the molecule is C=C/C=C\C=C(/C)C1=CC(C)CC(c2ccccc2)=C1.CC. The molecular weight excluding hydrogens is 264 g/mol. The van der Waals surface area contributed by atoms with E-state index in [1.807, 2.05) is 26.0 Å². The molecule has 0 fully saturated rings. The first-order chi connectivity index (χ1) is 10.7. The molecule has 0 N–H and O–H groups in total. The third kappa shape index (κ3) is 5.37. The maximum absolute atomic E-state index is 3.69. The van der Waals surface area contributed by atoms with Gasteiger partial charge in [0, 0.05) is 0 Å². The van der Waals surface area contributed by atoms with Gasteiger partial charge in [0.2, 0.25) is 0 Å². The summed E-state index contributed by atoms with van der Waals surface area (Å²) in [6.07, 6.45) is 13.7. The molecule has 1 atom stereocenters. The van der Waals surface area contributed by atoms with E-state index in [2.05, 4.69) is 69.0 Å². The predicted octanol–water partition coefficient (Wildman–Crippen LogP) is 6.75. The van der Waals surface area contributed by atoms with Gasteiger partial charge in [-0.05, 0) is 41.5 Å². The molecule has 0 heteroatoms. The van der Waals surface area contributed by atoms with Crippen molar-refractivity contribution in [3.05, 3.63) is 90.1 Å². The van der Waals surface area contributed by atoms with Crippen molar-refractivity contribution in [1.82, 2.24) is 0 Å². The Morgan fingerprint density at radius 2 is 1.82 bits per heavy atom. The van der Waals surface area contributed by atoms with Gasteiger partial charge < -0.3 is 0 Å². The number of allylic oxidation sites excluding steroid dienone is 9. The standard InChI is InChI=1S/C20H22.C2H6/c1-4-5-7-10-17(3)19-13-16(2)14-20(15-19)18-11-8-6-9-12-18;1-2/h4-13,15-16H,1,14H2,2-3H3;1-2H3/b7-5-,17-10+;. The summed E-state index contributed by atoms with van der Waals surface area (Å²) < 4.78 is 0. The van der Waals surface area contributed by atoms with Gasteiger partial charge in [0.1, 0.15) is 0 Å². The Balaban J connectivity index is 0.00000116. The van der Waals surface area contributed by atoms with Gasteiger partial charge in [0.15, 0.2) is 0 Å². The van der Waals surface area contributed by atoms with Gasteiger partial charge in [-0.2, -0.15) is 0 Å². The quantitative estimate of drug-likeness (QED) is 0.538. The second kappa shape index (κ2) is 9.78. The summed E-state index contributed by atoms with van der Waals surface area (Å²) in [5.41, 5.74) is 5.38. The minimum absolute atomic E-state index is 0.581. The molecule has 1 aliphatic rings. The van der Waals surface area contributed by atoms with Crippen molar-refractivity contribution < 1.29 is 0 Å². The van der Waals surface area contributed by atoms with E-state index in [1.54, 1.807) is 6.08 Å². The van der Waals surface area contributed by atoms with E-state index in [1.165, 1.54) is 22.3 Å². The van der Waals surface area contributed by atoms with Crippen LogP contribution in [0.1, 0.15) is 39.7 Å². The Bertz CT molecular complexity index is 580. The Hall–Kier alpha value is -2.08. The van der Waals surface area contributed by atoms with E-state index in [0.29, 0.717) is 5.92 Å². The van der Waals surface area contributed by atoms with Gasteiger partial charge >= 0.3 is 0 Å². The highest BCUT2D eigenvalue weighted by Gasteiger charge is 2.13. The summed E-state index contributed by atoms with van der Waals surface area (Å²) in [4.78, 5) is 0. The summed E-state index contributed by atoms with van der Waals surface area (Å²) in [6.45, 7) is 12.1. The molecule has 22 heavy (non-hydrogen) atoms. The van der Waals surface area contributed by atoms with Gasteiger partial charge in [-0.25, -0.2) is 0 Å².